The van der Waals surface area contributed by atoms with Crippen molar-refractivity contribution in [3.63, 3.8) is 0 Å². The van der Waals surface area contributed by atoms with Crippen molar-refractivity contribution in [2.45, 2.75) is 25.6 Å². The molecule has 1 heterocycles. The van der Waals surface area contributed by atoms with E-state index in [4.69, 9.17) is 0 Å². The summed E-state index contributed by atoms with van der Waals surface area (Å²) in [5.74, 6) is -2.11. The van der Waals surface area contributed by atoms with Crippen molar-refractivity contribution in [1.82, 2.24) is 5.32 Å². The molecule has 1 saturated heterocycles. The van der Waals surface area contributed by atoms with Crippen LogP contribution in [0, 0.1) is 11.7 Å². The number of anilines is 1. The summed E-state index contributed by atoms with van der Waals surface area (Å²) in [6.07, 6.45) is -4.56. The van der Waals surface area contributed by atoms with Gasteiger partial charge in [-0.2, -0.15) is 13.2 Å². The predicted molar refractivity (Wildman–Crippen MR) is 94.9 cm³/mol. The van der Waals surface area contributed by atoms with Crippen LogP contribution in [0.25, 0.3) is 0 Å². The smallest absolute Gasteiger partial charge is 0.349 e. The van der Waals surface area contributed by atoms with Crippen LogP contribution in [-0.4, -0.2) is 18.4 Å². The van der Waals surface area contributed by atoms with Crippen molar-refractivity contribution in [3.8, 4) is 0 Å². The number of nitrogens with zero attached hydrogens (tertiary/aromatic N) is 1. The fourth-order valence-electron chi connectivity index (χ4n) is 3.19. The molecule has 4 nitrogen and oxygen atoms in total. The fraction of sp³-hybridized carbons (Fsp3) is 0.300. The average molecular weight is 394 g/mol. The quantitative estimate of drug-likeness (QED) is 0.795. The second-order valence-corrected chi connectivity index (χ2v) is 6.71. The van der Waals surface area contributed by atoms with Gasteiger partial charge in [0.2, 0.25) is 11.8 Å². The maximum absolute atomic E-state index is 13.9. The summed E-state index contributed by atoms with van der Waals surface area (Å²) in [7, 11) is 0. The maximum Gasteiger partial charge on any atom is 0.416 e. The summed E-state index contributed by atoms with van der Waals surface area (Å²) in [5, 5.41) is 2.65. The van der Waals surface area contributed by atoms with E-state index in [-0.39, 0.29) is 24.6 Å². The molecule has 1 N–H and O–H groups in total. The van der Waals surface area contributed by atoms with E-state index in [0.717, 1.165) is 12.1 Å². The van der Waals surface area contributed by atoms with Gasteiger partial charge in [-0.05, 0) is 36.8 Å². The third kappa shape index (κ3) is 4.16. The van der Waals surface area contributed by atoms with Gasteiger partial charge in [-0.25, -0.2) is 4.39 Å². The van der Waals surface area contributed by atoms with Gasteiger partial charge in [0.25, 0.3) is 0 Å². The molecule has 8 heteroatoms. The molecule has 1 fully saturated rings. The highest BCUT2D eigenvalue weighted by atomic mass is 19.4. The molecule has 2 aromatic carbocycles. The molecule has 2 atom stereocenters. The van der Waals surface area contributed by atoms with E-state index < -0.39 is 35.4 Å². The second kappa shape index (κ2) is 7.61. The van der Waals surface area contributed by atoms with E-state index in [1.165, 1.54) is 35.2 Å². The number of rotatable bonds is 4. The topological polar surface area (TPSA) is 49.4 Å². The summed E-state index contributed by atoms with van der Waals surface area (Å²) < 4.78 is 52.5. The molecule has 3 rings (SSSR count). The Balaban J connectivity index is 1.69. The number of benzene rings is 2. The normalized spacial score (nSPS) is 18.2. The Bertz CT molecular complexity index is 898. The highest BCUT2D eigenvalue weighted by molar-refractivity contribution is 6.00. The minimum atomic E-state index is -4.47. The molecular weight excluding hydrogens is 376 g/mol. The number of nitrogens with one attached hydrogen (secondary N) is 1. The lowest BCUT2D eigenvalue weighted by Crippen LogP contribution is -2.34. The van der Waals surface area contributed by atoms with Crippen LogP contribution < -0.4 is 10.2 Å². The van der Waals surface area contributed by atoms with E-state index in [0.29, 0.717) is 5.56 Å². The molecule has 0 bridgehead atoms. The highest BCUT2D eigenvalue weighted by Gasteiger charge is 2.37. The minimum Gasteiger partial charge on any atom is -0.349 e. The van der Waals surface area contributed by atoms with Gasteiger partial charge in [-0.1, -0.05) is 24.3 Å². The highest BCUT2D eigenvalue weighted by Crippen LogP contribution is 2.31. The number of para-hydroxylation sites is 1. The molecule has 2 amide bonds. The molecule has 1 aliphatic rings. The van der Waals surface area contributed by atoms with Crippen molar-refractivity contribution in [3.05, 3.63) is 65.5 Å². The van der Waals surface area contributed by atoms with Crippen LogP contribution >= 0.6 is 0 Å². The summed E-state index contributed by atoms with van der Waals surface area (Å²) in [5.41, 5.74) is -0.389. The molecule has 28 heavy (non-hydrogen) atoms. The zero-order valence-corrected chi connectivity index (χ0v) is 15.0. The number of carbonyl (C=O) groups excluding carboxylic acids is 2. The van der Waals surface area contributed by atoms with Gasteiger partial charge in [-0.3, -0.25) is 9.59 Å². The number of carbonyl (C=O) groups is 2. The molecular formula is C20H18F4N2O2. The van der Waals surface area contributed by atoms with Crippen LogP contribution in [-0.2, 0) is 15.8 Å². The van der Waals surface area contributed by atoms with Crippen LogP contribution in [0.15, 0.2) is 48.5 Å². The SMILES string of the molecule is CC(NC(=O)C1CC(=O)N(c2ccccc2F)C1)c1cccc(C(F)(F)F)c1. The zero-order valence-electron chi connectivity index (χ0n) is 15.0. The fourth-order valence-corrected chi connectivity index (χ4v) is 3.19. The van der Waals surface area contributed by atoms with Gasteiger partial charge >= 0.3 is 6.18 Å². The van der Waals surface area contributed by atoms with Crippen molar-refractivity contribution in [2.75, 3.05) is 11.4 Å². The molecule has 0 aliphatic carbocycles. The first-order valence-electron chi connectivity index (χ1n) is 8.69. The molecule has 0 radical (unpaired) electrons. The molecule has 148 valence electrons. The first kappa shape index (κ1) is 19.9. The second-order valence-electron chi connectivity index (χ2n) is 6.71. The monoisotopic (exact) mass is 394 g/mol. The Hall–Kier alpha value is -2.90. The lowest BCUT2D eigenvalue weighted by atomic mass is 10.0. The van der Waals surface area contributed by atoms with Crippen molar-refractivity contribution in [2.24, 2.45) is 5.92 Å². The summed E-state index contributed by atoms with van der Waals surface area (Å²) in [4.78, 5) is 25.9. The lowest BCUT2D eigenvalue weighted by molar-refractivity contribution is -0.137. The van der Waals surface area contributed by atoms with E-state index in [9.17, 15) is 27.2 Å². The van der Waals surface area contributed by atoms with Gasteiger partial charge in [0.05, 0.1) is 23.2 Å². The Kier molecular flexibility index (Phi) is 5.40. The third-order valence-corrected chi connectivity index (χ3v) is 4.71. The minimum absolute atomic E-state index is 0.0148. The van der Waals surface area contributed by atoms with Crippen molar-refractivity contribution in [1.29, 1.82) is 0 Å². The summed E-state index contributed by atoms with van der Waals surface area (Å²) >= 11 is 0. The van der Waals surface area contributed by atoms with Crippen molar-refractivity contribution >= 4 is 17.5 Å². The number of alkyl halides is 3. The average Bonchev–Trinajstić information content (AvgIpc) is 3.03. The molecule has 2 unspecified atom stereocenters. The molecule has 0 aromatic heterocycles. The van der Waals surface area contributed by atoms with Crippen LogP contribution in [0.4, 0.5) is 23.2 Å². The first-order valence-corrected chi connectivity index (χ1v) is 8.69. The van der Waals surface area contributed by atoms with Gasteiger partial charge in [0.1, 0.15) is 5.82 Å². The zero-order chi connectivity index (χ0) is 20.5. The van der Waals surface area contributed by atoms with Crippen LogP contribution in [0.1, 0.15) is 30.5 Å². The Morgan fingerprint density at radius 3 is 2.57 bits per heavy atom. The summed E-state index contributed by atoms with van der Waals surface area (Å²) in [6.45, 7) is 1.58. The van der Waals surface area contributed by atoms with Gasteiger partial charge in [0, 0.05) is 13.0 Å². The third-order valence-electron chi connectivity index (χ3n) is 4.71. The Morgan fingerprint density at radius 2 is 1.89 bits per heavy atom. The Morgan fingerprint density at radius 1 is 1.18 bits per heavy atom. The van der Waals surface area contributed by atoms with Crippen LogP contribution in [0.2, 0.25) is 0 Å². The maximum atomic E-state index is 13.9. The molecule has 2 aromatic rings. The van der Waals surface area contributed by atoms with E-state index in [2.05, 4.69) is 5.32 Å². The molecule has 1 aliphatic heterocycles. The number of hydrogen-bond donors (Lipinski definition) is 1. The van der Waals surface area contributed by atoms with Crippen LogP contribution in [0.5, 0.6) is 0 Å². The summed E-state index contributed by atoms with van der Waals surface area (Å²) in [6, 6.07) is 9.81. The van der Waals surface area contributed by atoms with Crippen LogP contribution in [0.3, 0.4) is 0 Å². The lowest BCUT2D eigenvalue weighted by Gasteiger charge is -2.19. The molecule has 0 spiro atoms. The largest absolute Gasteiger partial charge is 0.416 e. The van der Waals surface area contributed by atoms with Gasteiger partial charge < -0.3 is 10.2 Å². The van der Waals surface area contributed by atoms with E-state index in [1.54, 1.807) is 13.0 Å². The van der Waals surface area contributed by atoms with Gasteiger partial charge in [0.15, 0.2) is 0 Å². The number of hydrogen-bond acceptors (Lipinski definition) is 2. The Labute approximate surface area is 159 Å². The number of halogens is 4. The van der Waals surface area contributed by atoms with Crippen molar-refractivity contribution < 1.29 is 27.2 Å². The number of amides is 2. The van der Waals surface area contributed by atoms with Gasteiger partial charge in [-0.15, -0.1) is 0 Å². The standard InChI is InChI=1S/C20H18F4N2O2/c1-12(13-5-4-6-15(9-13)20(22,23)24)25-19(28)14-10-18(27)26(11-14)17-8-3-2-7-16(17)21/h2-9,12,14H,10-11H2,1H3,(H,25,28). The first-order chi connectivity index (χ1) is 13.2. The predicted octanol–water partition coefficient (Wildman–Crippen LogP) is 4.07. The van der Waals surface area contributed by atoms with E-state index in [1.807, 2.05) is 0 Å². The molecule has 0 saturated carbocycles. The van der Waals surface area contributed by atoms with E-state index >= 15 is 0 Å².